The van der Waals surface area contributed by atoms with Crippen LogP contribution in [-0.2, 0) is 13.0 Å². The van der Waals surface area contributed by atoms with Gasteiger partial charge in [0.1, 0.15) is 6.54 Å². The molecule has 0 aliphatic heterocycles. The maximum absolute atomic E-state index is 5.67. The lowest BCUT2D eigenvalue weighted by Gasteiger charge is -1.96. The summed E-state index contributed by atoms with van der Waals surface area (Å²) in [4.78, 5) is 0. The third kappa shape index (κ3) is 3.28. The zero-order valence-corrected chi connectivity index (χ0v) is 12.3. The van der Waals surface area contributed by atoms with Crippen molar-refractivity contribution in [1.82, 2.24) is 25.2 Å². The molecule has 0 amide bonds. The molecule has 6 nitrogen and oxygen atoms in total. The number of aryl methyl sites for hydroxylation is 2. The van der Waals surface area contributed by atoms with E-state index < -0.39 is 0 Å². The van der Waals surface area contributed by atoms with E-state index in [1.54, 1.807) is 4.68 Å². The van der Waals surface area contributed by atoms with Crippen LogP contribution in [0.4, 0.5) is 0 Å². The Balaban J connectivity index is 1.73. The summed E-state index contributed by atoms with van der Waals surface area (Å²) in [6.07, 6.45) is 2.53. The molecule has 0 radical (unpaired) electrons. The largest absolute Gasteiger partial charge is 0.419 e. The summed E-state index contributed by atoms with van der Waals surface area (Å²) in [5, 5.41) is 16.1. The molecule has 2 aromatic heterocycles. The molecule has 3 aromatic rings. The first-order valence-corrected chi connectivity index (χ1v) is 7.12. The minimum Gasteiger partial charge on any atom is -0.419 e. The van der Waals surface area contributed by atoms with Gasteiger partial charge in [-0.2, -0.15) is 0 Å². The molecule has 0 spiro atoms. The third-order valence-electron chi connectivity index (χ3n) is 3.00. The molecular weight excluding hydrogens is 290 g/mol. The van der Waals surface area contributed by atoms with Crippen molar-refractivity contribution in [2.24, 2.45) is 0 Å². The van der Waals surface area contributed by atoms with Crippen LogP contribution in [-0.4, -0.2) is 31.1 Å². The van der Waals surface area contributed by atoms with Crippen LogP contribution in [0.1, 0.15) is 17.1 Å². The van der Waals surface area contributed by atoms with E-state index in [-0.39, 0.29) is 0 Å². The van der Waals surface area contributed by atoms with Gasteiger partial charge in [0.2, 0.25) is 11.8 Å². The highest BCUT2D eigenvalue weighted by Crippen LogP contribution is 2.18. The topological polar surface area (TPSA) is 69.6 Å². The fourth-order valence-electron chi connectivity index (χ4n) is 1.90. The second kappa shape index (κ2) is 6.05. The lowest BCUT2D eigenvalue weighted by Crippen LogP contribution is -2.00. The van der Waals surface area contributed by atoms with Crippen LogP contribution in [0.3, 0.4) is 0 Å². The zero-order chi connectivity index (χ0) is 14.7. The lowest BCUT2D eigenvalue weighted by atomic mass is 10.1. The molecule has 1 aromatic carbocycles. The Morgan fingerprint density at radius 2 is 1.95 bits per heavy atom. The molecule has 7 heteroatoms. The van der Waals surface area contributed by atoms with E-state index in [4.69, 9.17) is 16.0 Å². The van der Waals surface area contributed by atoms with Crippen LogP contribution >= 0.6 is 11.6 Å². The predicted molar refractivity (Wildman–Crippen MR) is 78.0 cm³/mol. The number of hydrogen-bond donors (Lipinski definition) is 0. The van der Waals surface area contributed by atoms with Gasteiger partial charge < -0.3 is 4.42 Å². The first-order chi connectivity index (χ1) is 10.2. The quantitative estimate of drug-likeness (QED) is 0.677. The van der Waals surface area contributed by atoms with Gasteiger partial charge in [-0.1, -0.05) is 22.9 Å². The Hall–Kier alpha value is -2.21. The lowest BCUT2D eigenvalue weighted by molar-refractivity contribution is 0.469. The van der Waals surface area contributed by atoms with E-state index in [1.807, 2.05) is 37.4 Å². The first kappa shape index (κ1) is 13.8. The highest BCUT2D eigenvalue weighted by molar-refractivity contribution is 6.17. The molecule has 0 saturated carbocycles. The molecule has 0 aliphatic carbocycles. The summed E-state index contributed by atoms with van der Waals surface area (Å²) in [5.41, 5.74) is 2.94. The molecule has 3 rings (SSSR count). The molecular formula is C14H14ClN5O. The Morgan fingerprint density at radius 1 is 1.14 bits per heavy atom. The Bertz CT molecular complexity index is 719. The summed E-state index contributed by atoms with van der Waals surface area (Å²) in [6.45, 7) is 2.43. The van der Waals surface area contributed by atoms with E-state index in [2.05, 4.69) is 20.5 Å². The van der Waals surface area contributed by atoms with Gasteiger partial charge in [0, 0.05) is 24.1 Å². The number of aromatic nitrogens is 5. The number of halogens is 1. The molecule has 0 bridgehead atoms. The Labute approximate surface area is 126 Å². The number of alkyl halides is 1. The van der Waals surface area contributed by atoms with Gasteiger partial charge in [0.05, 0.1) is 5.69 Å². The van der Waals surface area contributed by atoms with E-state index in [1.165, 1.54) is 5.56 Å². The minimum absolute atomic E-state index is 0.397. The first-order valence-electron chi connectivity index (χ1n) is 6.59. The van der Waals surface area contributed by atoms with E-state index in [0.717, 1.165) is 11.3 Å². The van der Waals surface area contributed by atoms with Crippen LogP contribution in [0.15, 0.2) is 34.9 Å². The normalized spacial score (nSPS) is 11.0. The van der Waals surface area contributed by atoms with Crippen molar-refractivity contribution in [2.75, 3.05) is 5.88 Å². The molecule has 0 aliphatic rings. The van der Waals surface area contributed by atoms with Gasteiger partial charge in [-0.25, -0.2) is 4.68 Å². The monoisotopic (exact) mass is 303 g/mol. The average Bonchev–Trinajstić information content (AvgIpc) is 3.11. The molecule has 0 fully saturated rings. The summed E-state index contributed by atoms with van der Waals surface area (Å²) in [7, 11) is 0. The number of benzene rings is 1. The van der Waals surface area contributed by atoms with Crippen LogP contribution in [0, 0.1) is 6.92 Å². The van der Waals surface area contributed by atoms with Gasteiger partial charge in [-0.05, 0) is 19.1 Å². The van der Waals surface area contributed by atoms with Crippen LogP contribution < -0.4 is 0 Å². The van der Waals surface area contributed by atoms with Gasteiger partial charge in [0.25, 0.3) is 0 Å². The highest BCUT2D eigenvalue weighted by Gasteiger charge is 2.10. The summed E-state index contributed by atoms with van der Waals surface area (Å²) < 4.78 is 7.31. The fourth-order valence-corrected chi connectivity index (χ4v) is 2.09. The van der Waals surface area contributed by atoms with E-state index in [9.17, 15) is 0 Å². The predicted octanol–water partition coefficient (Wildman–Crippen LogP) is 2.47. The molecule has 0 unspecified atom stereocenters. The fraction of sp³-hybridized carbons (Fsp3) is 0.286. The smallest absolute Gasteiger partial charge is 0.247 e. The number of hydrogen-bond acceptors (Lipinski definition) is 5. The molecule has 0 saturated heterocycles. The third-order valence-corrected chi connectivity index (χ3v) is 3.19. The number of rotatable bonds is 5. The second-order valence-electron chi connectivity index (χ2n) is 4.71. The van der Waals surface area contributed by atoms with Gasteiger partial charge in [0.15, 0.2) is 0 Å². The summed E-state index contributed by atoms with van der Waals surface area (Å²) >= 11 is 5.67. The van der Waals surface area contributed by atoms with Crippen molar-refractivity contribution in [2.45, 2.75) is 19.9 Å². The minimum atomic E-state index is 0.397. The second-order valence-corrected chi connectivity index (χ2v) is 5.09. The van der Waals surface area contributed by atoms with Crippen LogP contribution in [0.25, 0.3) is 11.5 Å². The highest BCUT2D eigenvalue weighted by atomic mass is 35.5. The SMILES string of the molecule is Cc1ccc(-c2nnc(Cn3cc(CCCl)nn3)o2)cc1. The molecule has 21 heavy (non-hydrogen) atoms. The maximum atomic E-state index is 5.67. The van der Waals surface area contributed by atoms with Crippen molar-refractivity contribution in [3.8, 4) is 11.5 Å². The molecule has 2 heterocycles. The molecule has 0 atom stereocenters. The Kier molecular flexibility index (Phi) is 3.96. The molecule has 0 N–H and O–H groups in total. The van der Waals surface area contributed by atoms with Crippen molar-refractivity contribution >= 4 is 11.6 Å². The summed E-state index contributed by atoms with van der Waals surface area (Å²) in [6, 6.07) is 7.94. The van der Waals surface area contributed by atoms with Crippen molar-refractivity contribution < 1.29 is 4.42 Å². The Morgan fingerprint density at radius 3 is 2.71 bits per heavy atom. The van der Waals surface area contributed by atoms with Crippen LogP contribution in [0.2, 0.25) is 0 Å². The molecule has 108 valence electrons. The average molecular weight is 304 g/mol. The van der Waals surface area contributed by atoms with Gasteiger partial charge in [-0.3, -0.25) is 0 Å². The number of nitrogens with zero attached hydrogens (tertiary/aromatic N) is 5. The van der Waals surface area contributed by atoms with Gasteiger partial charge >= 0.3 is 0 Å². The van der Waals surface area contributed by atoms with Crippen molar-refractivity contribution in [3.05, 3.63) is 47.6 Å². The summed E-state index contributed by atoms with van der Waals surface area (Å²) in [5.74, 6) is 1.52. The zero-order valence-electron chi connectivity index (χ0n) is 11.5. The van der Waals surface area contributed by atoms with Crippen LogP contribution in [0.5, 0.6) is 0 Å². The standard InChI is InChI=1S/C14H14ClN5O/c1-10-2-4-11(5-3-10)14-18-17-13(21-14)9-20-8-12(6-7-15)16-19-20/h2-5,8H,6-7,9H2,1H3. The van der Waals surface area contributed by atoms with E-state index >= 15 is 0 Å². The van der Waals surface area contributed by atoms with Gasteiger partial charge in [-0.15, -0.1) is 26.9 Å². The van der Waals surface area contributed by atoms with Crippen molar-refractivity contribution in [1.29, 1.82) is 0 Å². The van der Waals surface area contributed by atoms with Crippen molar-refractivity contribution in [3.63, 3.8) is 0 Å². The maximum Gasteiger partial charge on any atom is 0.247 e. The van der Waals surface area contributed by atoms with E-state index in [0.29, 0.717) is 30.6 Å².